The molecule has 12 heteroatoms. The van der Waals surface area contributed by atoms with E-state index in [9.17, 15) is 18.1 Å². The molecule has 0 atom stereocenters. The summed E-state index contributed by atoms with van der Waals surface area (Å²) >= 11 is 4.44. The fraction of sp³-hybridized carbons (Fsp3) is 0.111. The summed E-state index contributed by atoms with van der Waals surface area (Å²) in [5, 5.41) is 5.59. The molecule has 0 unspecified atom stereocenters. The minimum atomic E-state index is -4.78. The Kier molecular flexibility index (Phi) is 4.98. The van der Waals surface area contributed by atoms with Gasteiger partial charge in [0.2, 0.25) is 0 Å². The normalized spacial score (nSPS) is 11.8. The van der Waals surface area contributed by atoms with Crippen molar-refractivity contribution in [3.63, 3.8) is 0 Å². The van der Waals surface area contributed by atoms with Crippen LogP contribution in [0.15, 0.2) is 46.4 Å². The molecule has 1 aromatic carbocycles. The van der Waals surface area contributed by atoms with Gasteiger partial charge < -0.3 is 4.74 Å². The highest BCUT2D eigenvalue weighted by molar-refractivity contribution is 9.10. The molecular weight excluding hydrogens is 487 g/mol. The van der Waals surface area contributed by atoms with Gasteiger partial charge in [0.1, 0.15) is 5.75 Å². The van der Waals surface area contributed by atoms with Crippen molar-refractivity contribution in [3.8, 4) is 27.4 Å². The third kappa shape index (κ3) is 3.41. The number of ether oxygens (including phenoxy) is 1. The van der Waals surface area contributed by atoms with Gasteiger partial charge in [-0.3, -0.25) is 0 Å². The number of rotatable bonds is 4. The van der Waals surface area contributed by atoms with Gasteiger partial charge in [0.15, 0.2) is 16.2 Å². The van der Waals surface area contributed by atoms with Crippen LogP contribution in [-0.2, 0) is 6.18 Å². The molecule has 0 amide bonds. The predicted molar refractivity (Wildman–Crippen MR) is 108 cm³/mol. The highest BCUT2D eigenvalue weighted by Crippen LogP contribution is 2.45. The largest absolute Gasteiger partial charge is 0.496 e. The van der Waals surface area contributed by atoms with E-state index in [2.05, 4.69) is 26.0 Å². The van der Waals surface area contributed by atoms with Crippen molar-refractivity contribution in [2.75, 3.05) is 7.11 Å². The fourth-order valence-electron chi connectivity index (χ4n) is 3.07. The zero-order chi connectivity index (χ0) is 21.6. The van der Waals surface area contributed by atoms with Crippen molar-refractivity contribution in [2.45, 2.75) is 6.18 Å². The number of nitrogens with two attached hydrogens (primary N) is 1. The molecular formula is C18H12BrF3N5O2S+. The topological polar surface area (TPSA) is 85.5 Å². The van der Waals surface area contributed by atoms with Crippen molar-refractivity contribution in [2.24, 2.45) is 5.84 Å². The lowest BCUT2D eigenvalue weighted by Crippen LogP contribution is -2.17. The first kappa shape index (κ1) is 20.3. The molecule has 3 heterocycles. The molecule has 3 aromatic heterocycles. The number of hydrogen-bond donors (Lipinski definition) is 1. The minimum absolute atomic E-state index is 0.0156. The van der Waals surface area contributed by atoms with Crippen LogP contribution in [0.2, 0.25) is 0 Å². The average molecular weight is 499 g/mol. The van der Waals surface area contributed by atoms with Gasteiger partial charge >= 0.3 is 6.18 Å². The van der Waals surface area contributed by atoms with Crippen LogP contribution < -0.4 is 10.6 Å². The molecule has 0 fully saturated rings. The summed E-state index contributed by atoms with van der Waals surface area (Å²) in [5.41, 5.74) is -1.17. The number of methoxy groups -OCH3 is 1. The van der Waals surface area contributed by atoms with E-state index in [0.717, 1.165) is 4.52 Å². The number of aromatic nitrogens is 3. The van der Waals surface area contributed by atoms with E-state index >= 15 is 0 Å². The Morgan fingerprint density at radius 3 is 2.67 bits per heavy atom. The molecule has 7 nitrogen and oxygen atoms in total. The summed E-state index contributed by atoms with van der Waals surface area (Å²) in [7, 11) is 1.34. The maximum Gasteiger partial charge on any atom is 0.434 e. The molecule has 0 saturated heterocycles. The summed E-state index contributed by atoms with van der Waals surface area (Å²) in [6.07, 6.45) is -3.53. The van der Waals surface area contributed by atoms with Crippen LogP contribution in [0.4, 0.5) is 18.9 Å². The van der Waals surface area contributed by atoms with E-state index in [1.54, 1.807) is 17.5 Å². The number of hydrazine groups is 1. The number of nitroso groups, excluding NO2 is 1. The van der Waals surface area contributed by atoms with Crippen molar-refractivity contribution in [3.05, 3.63) is 57.0 Å². The molecule has 154 valence electrons. The third-order valence-corrected chi connectivity index (χ3v) is 5.73. The molecule has 0 saturated carbocycles. The van der Waals surface area contributed by atoms with Crippen LogP contribution in [0, 0.1) is 4.91 Å². The maximum atomic E-state index is 14.3. The summed E-state index contributed by atoms with van der Waals surface area (Å²) in [6, 6.07) is 7.35. The van der Waals surface area contributed by atoms with Crippen LogP contribution in [0.3, 0.4) is 0 Å². The highest BCUT2D eigenvalue weighted by atomic mass is 79.9. The SMILES string of the molecule is COc1cc(-c2c(-c3cccs3)nc3c(Br)cnn3c2C(F)(F)F)cc([N+](N)=O)c1. The maximum absolute atomic E-state index is 14.3. The summed E-state index contributed by atoms with van der Waals surface area (Å²) < 4.78 is 49.1. The van der Waals surface area contributed by atoms with E-state index in [0.29, 0.717) is 9.35 Å². The van der Waals surface area contributed by atoms with Gasteiger partial charge in [0.05, 0.1) is 39.3 Å². The quantitative estimate of drug-likeness (QED) is 0.237. The lowest BCUT2D eigenvalue weighted by atomic mass is 9.99. The molecule has 0 aliphatic heterocycles. The number of fused-ring (bicyclic) bond motifs is 1. The summed E-state index contributed by atoms with van der Waals surface area (Å²) in [5.74, 6) is 5.46. The Bertz CT molecular complexity index is 1270. The molecule has 0 aliphatic rings. The Labute approximate surface area is 179 Å². The van der Waals surface area contributed by atoms with Gasteiger partial charge in [-0.1, -0.05) is 6.07 Å². The molecule has 4 aromatic rings. The lowest BCUT2D eigenvalue weighted by Gasteiger charge is -2.18. The first-order valence-corrected chi connectivity index (χ1v) is 9.97. The summed E-state index contributed by atoms with van der Waals surface area (Å²) in [4.78, 5) is 16.7. The Balaban J connectivity index is 2.20. The fourth-order valence-corrected chi connectivity index (χ4v) is 4.13. The van der Waals surface area contributed by atoms with E-state index in [-0.39, 0.29) is 38.8 Å². The number of halogens is 4. The van der Waals surface area contributed by atoms with Crippen molar-refractivity contribution < 1.29 is 22.8 Å². The molecule has 4 rings (SSSR count). The number of nitrogens with zero attached hydrogens (tertiary/aromatic N) is 4. The minimum Gasteiger partial charge on any atom is -0.496 e. The second-order valence-electron chi connectivity index (χ2n) is 6.13. The lowest BCUT2D eigenvalue weighted by molar-refractivity contribution is -0.474. The Hall–Kier alpha value is -2.99. The van der Waals surface area contributed by atoms with Crippen LogP contribution in [0.25, 0.3) is 27.3 Å². The van der Waals surface area contributed by atoms with Gasteiger partial charge in [-0.05, 0) is 39.0 Å². The average Bonchev–Trinajstić information content (AvgIpc) is 3.35. The van der Waals surface area contributed by atoms with Gasteiger partial charge in [-0.25, -0.2) is 9.50 Å². The standard InChI is InChI=1S/C18H12BrF3N5O2S/c1-29-11-6-9(5-10(7-11)27(23)28)14-15(13-3-2-4-30-13)25-17-12(19)8-24-26(17)16(14)18(20,21)22/h2-8H,1H3,(H2,23,28)/q+1. The van der Waals surface area contributed by atoms with Gasteiger partial charge in [-0.15, -0.1) is 11.3 Å². The van der Waals surface area contributed by atoms with E-state index < -0.39 is 11.9 Å². The third-order valence-electron chi connectivity index (χ3n) is 4.30. The van der Waals surface area contributed by atoms with Gasteiger partial charge in [-0.2, -0.15) is 24.1 Å². The van der Waals surface area contributed by atoms with Crippen molar-refractivity contribution in [1.29, 1.82) is 0 Å². The van der Waals surface area contributed by atoms with Crippen molar-refractivity contribution >= 4 is 38.6 Å². The number of alkyl halides is 3. The van der Waals surface area contributed by atoms with Crippen LogP contribution >= 0.6 is 27.3 Å². The van der Waals surface area contributed by atoms with Gasteiger partial charge in [0, 0.05) is 11.6 Å². The Morgan fingerprint density at radius 1 is 1.30 bits per heavy atom. The smallest absolute Gasteiger partial charge is 0.434 e. The van der Waals surface area contributed by atoms with Crippen LogP contribution in [-0.4, -0.2) is 26.6 Å². The van der Waals surface area contributed by atoms with E-state index in [1.165, 1.54) is 42.8 Å². The zero-order valence-corrected chi connectivity index (χ0v) is 17.5. The first-order valence-electron chi connectivity index (χ1n) is 8.30. The van der Waals surface area contributed by atoms with Crippen molar-refractivity contribution in [1.82, 2.24) is 14.6 Å². The Morgan fingerprint density at radius 2 is 2.07 bits per heavy atom. The van der Waals surface area contributed by atoms with E-state index in [1.807, 2.05) is 0 Å². The van der Waals surface area contributed by atoms with E-state index in [4.69, 9.17) is 10.6 Å². The highest BCUT2D eigenvalue weighted by Gasteiger charge is 2.40. The number of thiophene rings is 1. The molecule has 2 N–H and O–H groups in total. The molecule has 0 aliphatic carbocycles. The van der Waals surface area contributed by atoms with Crippen LogP contribution in [0.5, 0.6) is 5.75 Å². The number of hydrogen-bond acceptors (Lipinski definition) is 5. The zero-order valence-electron chi connectivity index (χ0n) is 15.1. The predicted octanol–water partition coefficient (Wildman–Crippen LogP) is 5.20. The number of benzene rings is 1. The monoisotopic (exact) mass is 498 g/mol. The van der Waals surface area contributed by atoms with Crippen LogP contribution in [0.1, 0.15) is 5.69 Å². The summed E-state index contributed by atoms with van der Waals surface area (Å²) in [6.45, 7) is 0. The molecule has 30 heavy (non-hydrogen) atoms. The second kappa shape index (κ2) is 7.36. The first-order chi connectivity index (χ1) is 14.2. The molecule has 0 bridgehead atoms. The molecule has 0 radical (unpaired) electrons. The second-order valence-corrected chi connectivity index (χ2v) is 7.93. The van der Waals surface area contributed by atoms with Gasteiger partial charge in [0.25, 0.3) is 5.69 Å². The molecule has 0 spiro atoms.